The van der Waals surface area contributed by atoms with Crippen LogP contribution >= 0.6 is 0 Å². The molecule has 1 amide bonds. The van der Waals surface area contributed by atoms with Crippen LogP contribution in [0.2, 0.25) is 0 Å². The number of piperidine rings is 1. The van der Waals surface area contributed by atoms with E-state index in [0.29, 0.717) is 18.2 Å². The zero-order valence-corrected chi connectivity index (χ0v) is 17.1. The van der Waals surface area contributed by atoms with Gasteiger partial charge in [-0.05, 0) is 62.1 Å². The number of carbonyl (C=O) groups is 1. The maximum atomic E-state index is 12.9. The molecule has 4 rings (SSSR count). The molecule has 0 aliphatic carbocycles. The number of aryl methyl sites for hydroxylation is 2. The minimum atomic E-state index is -0.109. The number of amides is 1. The number of nitrogens with zero attached hydrogens (tertiary/aromatic N) is 3. The van der Waals surface area contributed by atoms with Gasteiger partial charge < -0.3 is 15.0 Å². The van der Waals surface area contributed by atoms with Gasteiger partial charge in [0.2, 0.25) is 5.91 Å². The number of hydrogen-bond donors (Lipinski definition) is 1. The van der Waals surface area contributed by atoms with Crippen LogP contribution < -0.4 is 15.0 Å². The minimum absolute atomic E-state index is 0.0485. The number of para-hydroxylation sites is 2. The molecule has 1 aliphatic rings. The lowest BCUT2D eigenvalue weighted by Crippen LogP contribution is -2.41. The summed E-state index contributed by atoms with van der Waals surface area (Å²) in [5.41, 5.74) is 4.76. The zero-order valence-electron chi connectivity index (χ0n) is 17.1. The highest BCUT2D eigenvalue weighted by molar-refractivity contribution is 5.93. The summed E-state index contributed by atoms with van der Waals surface area (Å²) in [6.45, 7) is 5.50. The predicted molar refractivity (Wildman–Crippen MR) is 116 cm³/mol. The highest BCUT2D eigenvalue weighted by atomic mass is 16.5. The van der Waals surface area contributed by atoms with Crippen LogP contribution in [-0.4, -0.2) is 36.1 Å². The fraction of sp³-hybridized carbons (Fsp3) is 0.348. The number of carbonyl (C=O) groups excluding carboxylic acids is 1. The molecule has 1 atom stereocenters. The lowest BCUT2D eigenvalue weighted by molar-refractivity contribution is -0.120. The van der Waals surface area contributed by atoms with E-state index in [1.165, 1.54) is 0 Å². The van der Waals surface area contributed by atoms with Gasteiger partial charge in [0.1, 0.15) is 0 Å². The molecule has 0 saturated carbocycles. The molecule has 6 heteroatoms. The molecule has 0 radical (unpaired) electrons. The largest absolute Gasteiger partial charge is 0.478 e. The Morgan fingerprint density at radius 3 is 2.48 bits per heavy atom. The van der Waals surface area contributed by atoms with E-state index in [2.05, 4.69) is 21.3 Å². The van der Waals surface area contributed by atoms with Gasteiger partial charge in [0, 0.05) is 18.8 Å². The Morgan fingerprint density at radius 2 is 1.79 bits per heavy atom. The molecular weight excluding hydrogens is 364 g/mol. The van der Waals surface area contributed by atoms with Crippen molar-refractivity contribution in [1.29, 1.82) is 0 Å². The van der Waals surface area contributed by atoms with Crippen molar-refractivity contribution in [1.82, 2.24) is 9.97 Å². The number of anilines is 2. The maximum absolute atomic E-state index is 12.9. The Balaban J connectivity index is 1.55. The van der Waals surface area contributed by atoms with E-state index in [4.69, 9.17) is 9.72 Å². The van der Waals surface area contributed by atoms with Gasteiger partial charge in [0.05, 0.1) is 24.1 Å². The SMILES string of the molecule is COc1nc2ccccc2nc1N1CCCC(C(=O)Nc2cc(C)cc(C)c2)C1. The average Bonchev–Trinajstić information content (AvgIpc) is 2.72. The van der Waals surface area contributed by atoms with Gasteiger partial charge in [-0.3, -0.25) is 4.79 Å². The van der Waals surface area contributed by atoms with Gasteiger partial charge in [0.15, 0.2) is 5.82 Å². The summed E-state index contributed by atoms with van der Waals surface area (Å²) in [6, 6.07) is 13.9. The number of rotatable bonds is 4. The van der Waals surface area contributed by atoms with Crippen LogP contribution in [0, 0.1) is 19.8 Å². The predicted octanol–water partition coefficient (Wildman–Crippen LogP) is 4.11. The van der Waals surface area contributed by atoms with E-state index in [0.717, 1.165) is 47.2 Å². The number of fused-ring (bicyclic) bond motifs is 1. The molecule has 0 bridgehead atoms. The number of nitrogens with one attached hydrogen (secondary N) is 1. The van der Waals surface area contributed by atoms with Crippen LogP contribution in [0.15, 0.2) is 42.5 Å². The quantitative estimate of drug-likeness (QED) is 0.726. The van der Waals surface area contributed by atoms with Crippen LogP contribution in [0.4, 0.5) is 11.5 Å². The normalized spacial score (nSPS) is 16.7. The molecule has 3 aromatic rings. The van der Waals surface area contributed by atoms with Crippen molar-refractivity contribution in [3.8, 4) is 5.88 Å². The molecule has 0 spiro atoms. The van der Waals surface area contributed by atoms with Crippen LogP contribution in [-0.2, 0) is 4.79 Å². The Kier molecular flexibility index (Phi) is 5.34. The van der Waals surface area contributed by atoms with Crippen molar-refractivity contribution in [3.05, 3.63) is 53.6 Å². The first-order valence-corrected chi connectivity index (χ1v) is 9.98. The standard InChI is InChI=1S/C23H26N4O2/c1-15-11-16(2)13-18(12-15)24-22(28)17-7-6-10-27(14-17)21-23(29-3)26-20-9-5-4-8-19(20)25-21/h4-5,8-9,11-13,17H,6-7,10,14H2,1-3H3,(H,24,28). The third-order valence-corrected chi connectivity index (χ3v) is 5.30. The van der Waals surface area contributed by atoms with Gasteiger partial charge in [-0.25, -0.2) is 9.97 Å². The zero-order chi connectivity index (χ0) is 20.4. The fourth-order valence-electron chi connectivity index (χ4n) is 3.99. The first-order valence-electron chi connectivity index (χ1n) is 9.98. The van der Waals surface area contributed by atoms with E-state index in [1.54, 1.807) is 7.11 Å². The number of methoxy groups -OCH3 is 1. The van der Waals surface area contributed by atoms with Crippen molar-refractivity contribution < 1.29 is 9.53 Å². The highest BCUT2D eigenvalue weighted by Gasteiger charge is 2.29. The lowest BCUT2D eigenvalue weighted by Gasteiger charge is -2.33. The van der Waals surface area contributed by atoms with Gasteiger partial charge in [-0.1, -0.05) is 18.2 Å². The molecule has 150 valence electrons. The van der Waals surface area contributed by atoms with E-state index in [-0.39, 0.29) is 11.8 Å². The summed E-state index contributed by atoms with van der Waals surface area (Å²) in [5.74, 6) is 1.14. The summed E-state index contributed by atoms with van der Waals surface area (Å²) < 4.78 is 5.51. The summed E-state index contributed by atoms with van der Waals surface area (Å²) in [5, 5.41) is 3.09. The van der Waals surface area contributed by atoms with Crippen LogP contribution in [0.5, 0.6) is 5.88 Å². The fourth-order valence-corrected chi connectivity index (χ4v) is 3.99. The minimum Gasteiger partial charge on any atom is -0.478 e. The van der Waals surface area contributed by atoms with Crippen LogP contribution in [0.1, 0.15) is 24.0 Å². The summed E-state index contributed by atoms with van der Waals surface area (Å²) in [7, 11) is 1.61. The molecule has 2 aromatic carbocycles. The summed E-state index contributed by atoms with van der Waals surface area (Å²) >= 11 is 0. The van der Waals surface area contributed by atoms with Gasteiger partial charge in [0.25, 0.3) is 5.88 Å². The lowest BCUT2D eigenvalue weighted by atomic mass is 9.97. The van der Waals surface area contributed by atoms with Crippen molar-refractivity contribution in [2.45, 2.75) is 26.7 Å². The molecule has 6 nitrogen and oxygen atoms in total. The van der Waals surface area contributed by atoms with E-state index < -0.39 is 0 Å². The second-order valence-electron chi connectivity index (χ2n) is 7.70. The topological polar surface area (TPSA) is 67.4 Å². The van der Waals surface area contributed by atoms with Gasteiger partial charge in [-0.2, -0.15) is 0 Å². The molecule has 1 unspecified atom stereocenters. The van der Waals surface area contributed by atoms with Crippen molar-refractivity contribution in [2.24, 2.45) is 5.92 Å². The molecule has 1 N–H and O–H groups in total. The van der Waals surface area contributed by atoms with Crippen LogP contribution in [0.25, 0.3) is 11.0 Å². The average molecular weight is 390 g/mol. The first kappa shape index (κ1) is 19.2. The number of ether oxygens (including phenoxy) is 1. The molecule has 1 saturated heterocycles. The molecular formula is C23H26N4O2. The van der Waals surface area contributed by atoms with Crippen molar-refractivity contribution >= 4 is 28.4 Å². The molecule has 29 heavy (non-hydrogen) atoms. The Labute approximate surface area is 170 Å². The molecule has 2 heterocycles. The first-order chi connectivity index (χ1) is 14.0. The van der Waals surface area contributed by atoms with E-state index >= 15 is 0 Å². The highest BCUT2D eigenvalue weighted by Crippen LogP contribution is 2.30. The summed E-state index contributed by atoms with van der Waals surface area (Å²) in [4.78, 5) is 24.4. The Bertz CT molecular complexity index is 1030. The third kappa shape index (κ3) is 4.16. The molecule has 1 aliphatic heterocycles. The number of hydrogen-bond acceptors (Lipinski definition) is 5. The monoisotopic (exact) mass is 390 g/mol. The van der Waals surface area contributed by atoms with Crippen molar-refractivity contribution in [3.63, 3.8) is 0 Å². The Hall–Kier alpha value is -3.15. The smallest absolute Gasteiger partial charge is 0.257 e. The Morgan fingerprint density at radius 1 is 1.10 bits per heavy atom. The second kappa shape index (κ2) is 8.07. The molecule has 1 aromatic heterocycles. The summed E-state index contributed by atoms with van der Waals surface area (Å²) in [6.07, 6.45) is 1.78. The molecule has 1 fully saturated rings. The van der Waals surface area contributed by atoms with Crippen molar-refractivity contribution in [2.75, 3.05) is 30.4 Å². The van der Waals surface area contributed by atoms with E-state index in [1.807, 2.05) is 50.2 Å². The van der Waals surface area contributed by atoms with Crippen LogP contribution in [0.3, 0.4) is 0 Å². The number of benzene rings is 2. The van der Waals surface area contributed by atoms with Gasteiger partial charge >= 0.3 is 0 Å². The third-order valence-electron chi connectivity index (χ3n) is 5.30. The van der Waals surface area contributed by atoms with Gasteiger partial charge in [-0.15, -0.1) is 0 Å². The maximum Gasteiger partial charge on any atom is 0.257 e. The number of aromatic nitrogens is 2. The van der Waals surface area contributed by atoms with E-state index in [9.17, 15) is 4.79 Å². The second-order valence-corrected chi connectivity index (χ2v) is 7.70.